The largest absolute Gasteiger partial charge is 0.451 e. The Morgan fingerprint density at radius 3 is 2.76 bits per heavy atom. The van der Waals surface area contributed by atoms with E-state index < -0.39 is 17.9 Å². The molecular weight excluding hydrogens is 287 g/mol. The van der Waals surface area contributed by atoms with Crippen LogP contribution in [0.2, 0.25) is 0 Å². The van der Waals surface area contributed by atoms with Crippen LogP contribution >= 0.6 is 0 Å². The molecular formula is C12H16F3N5O. The fourth-order valence-corrected chi connectivity index (χ4v) is 2.20. The number of primary amides is 1. The van der Waals surface area contributed by atoms with E-state index in [1.54, 1.807) is 11.8 Å². The number of hydrogen-bond donors (Lipinski definition) is 2. The van der Waals surface area contributed by atoms with E-state index in [0.29, 0.717) is 19.5 Å². The van der Waals surface area contributed by atoms with E-state index in [4.69, 9.17) is 5.73 Å². The second kappa shape index (κ2) is 5.74. The molecule has 1 aliphatic rings. The number of alkyl halides is 3. The lowest BCUT2D eigenvalue weighted by Crippen LogP contribution is -2.28. The highest BCUT2D eigenvalue weighted by Crippen LogP contribution is 2.30. The normalized spacial score (nSPS) is 18.9. The first-order valence-corrected chi connectivity index (χ1v) is 6.55. The number of carbonyl (C=O) groups excluding carboxylic acids is 1. The summed E-state index contributed by atoms with van der Waals surface area (Å²) in [4.78, 5) is 19.8. The molecule has 1 saturated heterocycles. The minimum Gasteiger partial charge on any atom is -0.370 e. The highest BCUT2D eigenvalue weighted by molar-refractivity contribution is 5.78. The molecule has 0 radical (unpaired) electrons. The fraction of sp³-hybridized carbons (Fsp3) is 0.583. The zero-order valence-corrected chi connectivity index (χ0v) is 11.4. The van der Waals surface area contributed by atoms with Gasteiger partial charge in [0.1, 0.15) is 11.6 Å². The van der Waals surface area contributed by atoms with Crippen molar-refractivity contribution in [2.45, 2.75) is 19.5 Å². The molecule has 9 heteroatoms. The van der Waals surface area contributed by atoms with E-state index in [1.807, 2.05) is 0 Å². The maximum absolute atomic E-state index is 12.8. The van der Waals surface area contributed by atoms with Gasteiger partial charge in [-0.15, -0.1) is 0 Å². The second-order valence-electron chi connectivity index (χ2n) is 4.80. The van der Waals surface area contributed by atoms with Crippen LogP contribution in [0.5, 0.6) is 0 Å². The number of amides is 1. The molecule has 1 aromatic rings. The molecule has 0 aliphatic carbocycles. The van der Waals surface area contributed by atoms with Crippen molar-refractivity contribution in [1.29, 1.82) is 0 Å². The standard InChI is InChI=1S/C12H16F3N5O/c1-2-17-8-5-9(19-11(18-8)12(13,14)15)20-4-3-7(6-20)10(16)21/h5,7H,2-4,6H2,1H3,(H2,16,21)(H,17,18,19). The summed E-state index contributed by atoms with van der Waals surface area (Å²) in [6, 6.07) is 1.45. The van der Waals surface area contributed by atoms with Crippen molar-refractivity contribution in [2.75, 3.05) is 29.9 Å². The zero-order chi connectivity index (χ0) is 15.6. The molecule has 1 aromatic heterocycles. The summed E-state index contributed by atoms with van der Waals surface area (Å²) in [6.07, 6.45) is -4.11. The number of rotatable bonds is 4. The quantitative estimate of drug-likeness (QED) is 0.874. The topological polar surface area (TPSA) is 84.1 Å². The minimum absolute atomic E-state index is 0.109. The van der Waals surface area contributed by atoms with Gasteiger partial charge in [-0.25, -0.2) is 9.97 Å². The molecule has 3 N–H and O–H groups in total. The summed E-state index contributed by atoms with van der Waals surface area (Å²) in [7, 11) is 0. The van der Waals surface area contributed by atoms with Gasteiger partial charge in [-0.1, -0.05) is 0 Å². The number of nitrogens with one attached hydrogen (secondary N) is 1. The fourth-order valence-electron chi connectivity index (χ4n) is 2.20. The first-order chi connectivity index (χ1) is 9.81. The van der Waals surface area contributed by atoms with Crippen molar-refractivity contribution >= 4 is 17.5 Å². The molecule has 21 heavy (non-hydrogen) atoms. The lowest BCUT2D eigenvalue weighted by molar-refractivity contribution is -0.144. The van der Waals surface area contributed by atoms with Gasteiger partial charge in [0, 0.05) is 25.7 Å². The molecule has 0 spiro atoms. The molecule has 116 valence electrons. The van der Waals surface area contributed by atoms with Gasteiger partial charge in [-0.2, -0.15) is 13.2 Å². The summed E-state index contributed by atoms with van der Waals surface area (Å²) in [5.74, 6) is -1.75. The Kier molecular flexibility index (Phi) is 4.19. The first kappa shape index (κ1) is 15.3. The average molecular weight is 303 g/mol. The summed E-state index contributed by atoms with van der Waals surface area (Å²) in [5, 5.41) is 2.75. The Bertz CT molecular complexity index is 534. The number of hydrogen-bond acceptors (Lipinski definition) is 5. The van der Waals surface area contributed by atoms with E-state index >= 15 is 0 Å². The Labute approximate surface area is 119 Å². The Morgan fingerprint density at radius 1 is 1.52 bits per heavy atom. The highest BCUT2D eigenvalue weighted by atomic mass is 19.4. The maximum atomic E-state index is 12.8. The van der Waals surface area contributed by atoms with E-state index in [1.165, 1.54) is 6.07 Å². The molecule has 0 saturated carbocycles. The summed E-state index contributed by atoms with van der Waals surface area (Å²) in [5.41, 5.74) is 5.22. The van der Waals surface area contributed by atoms with Gasteiger partial charge in [-0.3, -0.25) is 4.79 Å². The van der Waals surface area contributed by atoms with Crippen molar-refractivity contribution < 1.29 is 18.0 Å². The third-order valence-electron chi connectivity index (χ3n) is 3.24. The van der Waals surface area contributed by atoms with Crippen LogP contribution in [0.15, 0.2) is 6.07 Å². The van der Waals surface area contributed by atoms with Crippen LogP contribution in [0.25, 0.3) is 0 Å². The highest BCUT2D eigenvalue weighted by Gasteiger charge is 2.36. The monoisotopic (exact) mass is 303 g/mol. The minimum atomic E-state index is -4.62. The summed E-state index contributed by atoms with van der Waals surface area (Å²) in [6.45, 7) is 2.91. The van der Waals surface area contributed by atoms with Crippen molar-refractivity contribution in [3.63, 3.8) is 0 Å². The van der Waals surface area contributed by atoms with Crippen molar-refractivity contribution in [2.24, 2.45) is 11.7 Å². The number of nitrogens with zero attached hydrogens (tertiary/aromatic N) is 3. The molecule has 0 aromatic carbocycles. The van der Waals surface area contributed by atoms with Crippen molar-refractivity contribution in [1.82, 2.24) is 9.97 Å². The molecule has 6 nitrogen and oxygen atoms in total. The molecule has 1 amide bonds. The van der Waals surface area contributed by atoms with Crippen LogP contribution in [0.3, 0.4) is 0 Å². The van der Waals surface area contributed by atoms with Gasteiger partial charge in [0.05, 0.1) is 5.92 Å². The van der Waals surface area contributed by atoms with E-state index in [0.717, 1.165) is 0 Å². The maximum Gasteiger partial charge on any atom is 0.451 e. The lowest BCUT2D eigenvalue weighted by Gasteiger charge is -2.19. The van der Waals surface area contributed by atoms with Gasteiger partial charge < -0.3 is 16.0 Å². The SMILES string of the molecule is CCNc1cc(N2CCC(C(N)=O)C2)nc(C(F)(F)F)n1. The number of aromatic nitrogens is 2. The zero-order valence-electron chi connectivity index (χ0n) is 11.4. The Hall–Kier alpha value is -2.06. The predicted molar refractivity (Wildman–Crippen MR) is 70.7 cm³/mol. The second-order valence-corrected chi connectivity index (χ2v) is 4.80. The van der Waals surface area contributed by atoms with Crippen LogP contribution in [0.1, 0.15) is 19.2 Å². The van der Waals surface area contributed by atoms with Crippen molar-refractivity contribution in [3.8, 4) is 0 Å². The van der Waals surface area contributed by atoms with Crippen LogP contribution in [-0.4, -0.2) is 35.5 Å². The van der Waals surface area contributed by atoms with E-state index in [9.17, 15) is 18.0 Å². The van der Waals surface area contributed by atoms with Crippen LogP contribution in [-0.2, 0) is 11.0 Å². The molecule has 1 unspecified atom stereocenters. The lowest BCUT2D eigenvalue weighted by atomic mass is 10.1. The third-order valence-corrected chi connectivity index (χ3v) is 3.24. The predicted octanol–water partition coefficient (Wildman–Crippen LogP) is 1.24. The Balaban J connectivity index is 2.30. The number of nitrogens with two attached hydrogens (primary N) is 1. The van der Waals surface area contributed by atoms with E-state index in [2.05, 4.69) is 15.3 Å². The van der Waals surface area contributed by atoms with Gasteiger partial charge in [0.25, 0.3) is 0 Å². The van der Waals surface area contributed by atoms with Gasteiger partial charge in [-0.05, 0) is 13.3 Å². The van der Waals surface area contributed by atoms with Gasteiger partial charge >= 0.3 is 6.18 Å². The smallest absolute Gasteiger partial charge is 0.370 e. The number of anilines is 2. The van der Waals surface area contributed by atoms with Gasteiger partial charge in [0.2, 0.25) is 11.7 Å². The number of halogens is 3. The summed E-state index contributed by atoms with van der Waals surface area (Å²) < 4.78 is 38.5. The van der Waals surface area contributed by atoms with E-state index in [-0.39, 0.29) is 24.1 Å². The molecule has 2 rings (SSSR count). The molecule has 1 aliphatic heterocycles. The van der Waals surface area contributed by atoms with Crippen LogP contribution in [0, 0.1) is 5.92 Å². The Morgan fingerprint density at radius 2 is 2.24 bits per heavy atom. The molecule has 1 atom stereocenters. The summed E-state index contributed by atoms with van der Waals surface area (Å²) >= 11 is 0. The van der Waals surface area contributed by atoms with Crippen molar-refractivity contribution in [3.05, 3.63) is 11.9 Å². The third kappa shape index (κ3) is 3.53. The molecule has 2 heterocycles. The number of carbonyl (C=O) groups is 1. The van der Waals surface area contributed by atoms with Gasteiger partial charge in [0.15, 0.2) is 0 Å². The van der Waals surface area contributed by atoms with Crippen LogP contribution < -0.4 is 16.0 Å². The molecule has 0 bridgehead atoms. The van der Waals surface area contributed by atoms with Crippen LogP contribution in [0.4, 0.5) is 24.8 Å². The average Bonchev–Trinajstić information content (AvgIpc) is 2.87. The first-order valence-electron chi connectivity index (χ1n) is 6.55. The molecule has 1 fully saturated rings.